The van der Waals surface area contributed by atoms with E-state index in [-0.39, 0.29) is 6.61 Å². The summed E-state index contributed by atoms with van der Waals surface area (Å²) in [4.78, 5) is 2.41. The second-order valence-electron chi connectivity index (χ2n) is 4.19. The molecule has 0 unspecified atom stereocenters. The van der Waals surface area contributed by atoms with Crippen LogP contribution in [-0.4, -0.2) is 42.3 Å². The third-order valence-corrected chi connectivity index (χ3v) is 2.92. The molecule has 0 amide bonds. The van der Waals surface area contributed by atoms with Gasteiger partial charge in [0.1, 0.15) is 6.04 Å². The van der Waals surface area contributed by atoms with Crippen LogP contribution in [0.1, 0.15) is 5.56 Å². The fourth-order valence-electron chi connectivity index (χ4n) is 2.11. The summed E-state index contributed by atoms with van der Waals surface area (Å²) in [7, 11) is 0. The van der Waals surface area contributed by atoms with Crippen molar-refractivity contribution in [3.8, 4) is 0 Å². The first kappa shape index (κ1) is 10.6. The van der Waals surface area contributed by atoms with Crippen molar-refractivity contribution in [2.75, 3.05) is 26.2 Å². The number of quaternary nitrogens is 1. The Balaban J connectivity index is 1.89. The Morgan fingerprint density at radius 2 is 2.13 bits per heavy atom. The van der Waals surface area contributed by atoms with Crippen LogP contribution in [0.5, 0.6) is 0 Å². The summed E-state index contributed by atoms with van der Waals surface area (Å²) in [5.41, 5.74) is 1.36. The summed E-state index contributed by atoms with van der Waals surface area (Å²) in [5, 5.41) is 11.4. The molecule has 3 N–H and O–H groups in total. The number of piperazine rings is 1. The first-order chi connectivity index (χ1) is 7.38. The number of nitrogens with two attached hydrogens (primary N) is 1. The number of hydrogen-bond donors (Lipinski definition) is 2. The molecular formula is C12H19N2O+. The van der Waals surface area contributed by atoms with Gasteiger partial charge in [0.15, 0.2) is 0 Å². The van der Waals surface area contributed by atoms with Gasteiger partial charge in [-0.15, -0.1) is 0 Å². The number of nitrogens with zero attached hydrogens (tertiary/aromatic N) is 1. The van der Waals surface area contributed by atoms with Crippen molar-refractivity contribution in [1.82, 2.24) is 4.90 Å². The minimum Gasteiger partial charge on any atom is -0.390 e. The molecule has 1 aliphatic rings. The van der Waals surface area contributed by atoms with Crippen LogP contribution in [0.3, 0.4) is 0 Å². The van der Waals surface area contributed by atoms with E-state index in [2.05, 4.69) is 34.5 Å². The fourth-order valence-corrected chi connectivity index (χ4v) is 2.11. The van der Waals surface area contributed by atoms with E-state index < -0.39 is 0 Å². The molecule has 1 atom stereocenters. The Bertz CT molecular complexity index is 289. The van der Waals surface area contributed by atoms with Gasteiger partial charge in [-0.25, -0.2) is 0 Å². The second kappa shape index (κ2) is 5.26. The predicted molar refractivity (Wildman–Crippen MR) is 59.4 cm³/mol. The zero-order valence-corrected chi connectivity index (χ0v) is 8.97. The van der Waals surface area contributed by atoms with E-state index in [9.17, 15) is 0 Å². The fraction of sp³-hybridized carbons (Fsp3) is 0.500. The first-order valence-electron chi connectivity index (χ1n) is 5.59. The van der Waals surface area contributed by atoms with E-state index >= 15 is 0 Å². The number of aliphatic hydroxyl groups excluding tert-OH is 1. The topological polar surface area (TPSA) is 40.1 Å². The lowest BCUT2D eigenvalue weighted by Crippen LogP contribution is -2.96. The molecular weight excluding hydrogens is 188 g/mol. The van der Waals surface area contributed by atoms with E-state index in [4.69, 9.17) is 5.11 Å². The molecule has 0 bridgehead atoms. The largest absolute Gasteiger partial charge is 0.390 e. The number of rotatable bonds is 3. The SMILES string of the molecule is OC[C@@H]1CN(Cc2ccccc2)CC[NH2+]1. The van der Waals surface area contributed by atoms with Crippen molar-refractivity contribution in [3.63, 3.8) is 0 Å². The van der Waals surface area contributed by atoms with Crippen molar-refractivity contribution in [1.29, 1.82) is 0 Å². The summed E-state index contributed by atoms with van der Waals surface area (Å²) >= 11 is 0. The van der Waals surface area contributed by atoms with Crippen LogP contribution in [0.2, 0.25) is 0 Å². The van der Waals surface area contributed by atoms with E-state index in [1.165, 1.54) is 5.56 Å². The molecule has 0 spiro atoms. The third kappa shape index (κ3) is 3.02. The monoisotopic (exact) mass is 207 g/mol. The van der Waals surface area contributed by atoms with E-state index in [0.29, 0.717) is 6.04 Å². The standard InChI is InChI=1S/C12H18N2O/c15-10-12-9-14(7-6-13-12)8-11-4-2-1-3-5-11/h1-5,12-13,15H,6-10H2/p+1/t12-/m0/s1. The normalized spacial score (nSPS) is 22.9. The molecule has 0 aliphatic carbocycles. The Hall–Kier alpha value is -0.900. The average Bonchev–Trinajstić information content (AvgIpc) is 2.31. The highest BCUT2D eigenvalue weighted by molar-refractivity contribution is 5.14. The molecule has 0 aromatic heterocycles. The quantitative estimate of drug-likeness (QED) is 0.696. The highest BCUT2D eigenvalue weighted by Gasteiger charge is 2.21. The maximum Gasteiger partial charge on any atom is 0.122 e. The molecule has 1 aliphatic heterocycles. The van der Waals surface area contributed by atoms with E-state index in [0.717, 1.165) is 26.2 Å². The molecule has 3 heteroatoms. The van der Waals surface area contributed by atoms with Gasteiger partial charge in [-0.1, -0.05) is 30.3 Å². The van der Waals surface area contributed by atoms with Crippen molar-refractivity contribution in [3.05, 3.63) is 35.9 Å². The third-order valence-electron chi connectivity index (χ3n) is 2.92. The van der Waals surface area contributed by atoms with Gasteiger partial charge < -0.3 is 10.4 Å². The summed E-state index contributed by atoms with van der Waals surface area (Å²) in [6.45, 7) is 4.49. The average molecular weight is 207 g/mol. The van der Waals surface area contributed by atoms with Gasteiger partial charge in [0.25, 0.3) is 0 Å². The zero-order valence-electron chi connectivity index (χ0n) is 8.97. The molecule has 0 radical (unpaired) electrons. The van der Waals surface area contributed by atoms with Gasteiger partial charge in [-0.3, -0.25) is 4.90 Å². The van der Waals surface area contributed by atoms with Gasteiger partial charge in [0.2, 0.25) is 0 Å². The highest BCUT2D eigenvalue weighted by atomic mass is 16.3. The summed E-state index contributed by atoms with van der Waals surface area (Å²) in [6, 6.07) is 10.9. The van der Waals surface area contributed by atoms with Crippen molar-refractivity contribution in [2.24, 2.45) is 0 Å². The van der Waals surface area contributed by atoms with Crippen LogP contribution in [0, 0.1) is 0 Å². The molecule has 15 heavy (non-hydrogen) atoms. The Morgan fingerprint density at radius 3 is 2.87 bits per heavy atom. The second-order valence-corrected chi connectivity index (χ2v) is 4.19. The lowest BCUT2D eigenvalue weighted by molar-refractivity contribution is -0.699. The van der Waals surface area contributed by atoms with Gasteiger partial charge in [-0.05, 0) is 5.56 Å². The number of aliphatic hydroxyl groups is 1. The molecule has 82 valence electrons. The maximum absolute atomic E-state index is 9.12. The molecule has 3 nitrogen and oxygen atoms in total. The minimum absolute atomic E-state index is 0.283. The lowest BCUT2D eigenvalue weighted by atomic mass is 10.1. The molecule has 1 aromatic carbocycles. The molecule has 1 aromatic rings. The zero-order chi connectivity index (χ0) is 10.5. The smallest absolute Gasteiger partial charge is 0.122 e. The highest BCUT2D eigenvalue weighted by Crippen LogP contribution is 2.05. The van der Waals surface area contributed by atoms with Crippen molar-refractivity contribution >= 4 is 0 Å². The number of benzene rings is 1. The Kier molecular flexibility index (Phi) is 3.72. The Morgan fingerprint density at radius 1 is 1.33 bits per heavy atom. The summed E-state index contributed by atoms with van der Waals surface area (Å²) in [5.74, 6) is 0. The summed E-state index contributed by atoms with van der Waals surface area (Å²) < 4.78 is 0. The molecule has 0 saturated carbocycles. The van der Waals surface area contributed by atoms with Crippen LogP contribution >= 0.6 is 0 Å². The van der Waals surface area contributed by atoms with Crippen molar-refractivity contribution < 1.29 is 10.4 Å². The van der Waals surface area contributed by atoms with E-state index in [1.807, 2.05) is 6.07 Å². The predicted octanol–water partition coefficient (Wildman–Crippen LogP) is -0.573. The Labute approximate surface area is 90.7 Å². The molecule has 1 fully saturated rings. The van der Waals surface area contributed by atoms with Crippen LogP contribution in [0.25, 0.3) is 0 Å². The van der Waals surface area contributed by atoms with Crippen LogP contribution in [0.15, 0.2) is 30.3 Å². The maximum atomic E-state index is 9.12. The molecule has 1 heterocycles. The first-order valence-corrected chi connectivity index (χ1v) is 5.59. The lowest BCUT2D eigenvalue weighted by Gasteiger charge is -2.30. The van der Waals surface area contributed by atoms with Crippen LogP contribution < -0.4 is 5.32 Å². The number of hydrogen-bond acceptors (Lipinski definition) is 2. The van der Waals surface area contributed by atoms with Crippen molar-refractivity contribution in [2.45, 2.75) is 12.6 Å². The summed E-state index contributed by atoms with van der Waals surface area (Å²) in [6.07, 6.45) is 0. The van der Waals surface area contributed by atoms with Crippen LogP contribution in [0.4, 0.5) is 0 Å². The van der Waals surface area contributed by atoms with Gasteiger partial charge >= 0.3 is 0 Å². The van der Waals surface area contributed by atoms with Gasteiger partial charge in [0.05, 0.1) is 19.7 Å². The minimum atomic E-state index is 0.283. The molecule has 2 rings (SSSR count). The van der Waals surface area contributed by atoms with Gasteiger partial charge in [0, 0.05) is 13.1 Å². The van der Waals surface area contributed by atoms with Crippen LogP contribution in [-0.2, 0) is 6.54 Å². The molecule has 1 saturated heterocycles. The van der Waals surface area contributed by atoms with E-state index in [1.54, 1.807) is 0 Å². The van der Waals surface area contributed by atoms with Gasteiger partial charge in [-0.2, -0.15) is 0 Å².